The van der Waals surface area contributed by atoms with E-state index in [2.05, 4.69) is 9.80 Å². The molecule has 0 saturated heterocycles. The van der Waals surface area contributed by atoms with Gasteiger partial charge in [0.05, 0.1) is 0 Å². The summed E-state index contributed by atoms with van der Waals surface area (Å²) in [5.74, 6) is 0.221. The van der Waals surface area contributed by atoms with E-state index in [1.54, 1.807) is 39.8 Å². The Labute approximate surface area is 228 Å². The first-order chi connectivity index (χ1) is 15.6. The summed E-state index contributed by atoms with van der Waals surface area (Å²) < 4.78 is 0. The predicted octanol–water partition coefficient (Wildman–Crippen LogP) is 2.14. The zero-order valence-corrected chi connectivity index (χ0v) is 24.9. The molecule has 0 unspecified atom stereocenters. The van der Waals surface area contributed by atoms with Crippen molar-refractivity contribution in [3.8, 4) is 11.5 Å². The van der Waals surface area contributed by atoms with Crippen LogP contribution in [-0.4, -0.2) is 49.2 Å². The maximum absolute atomic E-state index is 12.1. The van der Waals surface area contributed by atoms with Gasteiger partial charge < -0.3 is 30.2 Å². The minimum absolute atomic E-state index is 0. The molecule has 0 spiro atoms. The van der Waals surface area contributed by atoms with Gasteiger partial charge in [-0.15, -0.1) is 23.7 Å². The van der Waals surface area contributed by atoms with Gasteiger partial charge in [0.15, 0.2) is 0 Å². The number of hydrogen-bond acceptors (Lipinski definition) is 6. The third kappa shape index (κ3) is 16.1. The van der Waals surface area contributed by atoms with Crippen molar-refractivity contribution in [2.24, 2.45) is 0 Å². The Morgan fingerprint density at radius 1 is 0.600 bits per heavy atom. The average Bonchev–Trinajstić information content (AvgIpc) is 2.68. The molecule has 2 aromatic carbocycles. The predicted molar refractivity (Wildman–Crippen MR) is 134 cm³/mol. The van der Waals surface area contributed by atoms with Crippen LogP contribution in [0, 0.1) is 27.7 Å². The molecule has 0 aliphatic carbocycles. The molecule has 0 fully saturated rings. The fourth-order valence-corrected chi connectivity index (χ4v) is 3.03. The van der Waals surface area contributed by atoms with Crippen molar-refractivity contribution in [1.29, 1.82) is 0 Å². The molecule has 0 bridgehead atoms. The van der Waals surface area contributed by atoms with Gasteiger partial charge >= 0.3 is 21.7 Å². The summed E-state index contributed by atoms with van der Waals surface area (Å²) >= 11 is 0. The van der Waals surface area contributed by atoms with Crippen LogP contribution < -0.4 is 20.4 Å². The van der Waals surface area contributed by atoms with Gasteiger partial charge in [-0.2, -0.15) is 0 Å². The number of aryl methyl sites for hydroxylation is 4. The van der Waals surface area contributed by atoms with E-state index in [1.807, 2.05) is 53.9 Å². The van der Waals surface area contributed by atoms with Crippen LogP contribution in [0.15, 0.2) is 24.3 Å². The largest absolute Gasteiger partial charge is 4.00 e. The molecule has 0 aliphatic heterocycles. The van der Waals surface area contributed by atoms with Crippen LogP contribution in [0.1, 0.15) is 61.1 Å². The van der Waals surface area contributed by atoms with E-state index in [9.17, 15) is 20.4 Å². The quantitative estimate of drug-likeness (QED) is 0.519. The van der Waals surface area contributed by atoms with Crippen LogP contribution in [0.2, 0.25) is 0 Å². The molecular formula is C28H44N2O4Ti. The van der Waals surface area contributed by atoms with Crippen LogP contribution in [0.5, 0.6) is 11.5 Å². The van der Waals surface area contributed by atoms with Crippen molar-refractivity contribution in [3.63, 3.8) is 0 Å². The summed E-state index contributed by atoms with van der Waals surface area (Å²) in [6, 6.07) is 7.44. The maximum atomic E-state index is 12.1. The minimum Gasteiger partial charge on any atom is -0.872 e. The average molecular weight is 521 g/mol. The third-order valence-electron chi connectivity index (χ3n) is 5.10. The SMILES string of the molecule is CC(C)[O-].CC(C)[O-].Cc1cc([O-])c(CN(C)CCN(C)Cc2cc(C)c(C)cc2[O-])cc1C.[Ti+4]. The number of rotatable bonds is 7. The van der Waals surface area contributed by atoms with Crippen molar-refractivity contribution in [1.82, 2.24) is 9.80 Å². The van der Waals surface area contributed by atoms with E-state index in [4.69, 9.17) is 0 Å². The van der Waals surface area contributed by atoms with Gasteiger partial charge in [-0.1, -0.05) is 52.0 Å². The van der Waals surface area contributed by atoms with Crippen LogP contribution in [0.4, 0.5) is 0 Å². The molecule has 6 nitrogen and oxygen atoms in total. The summed E-state index contributed by atoms with van der Waals surface area (Å²) in [6.07, 6.45) is -0.833. The maximum Gasteiger partial charge on any atom is 4.00 e. The zero-order valence-electron chi connectivity index (χ0n) is 23.3. The minimum atomic E-state index is -0.417. The summed E-state index contributed by atoms with van der Waals surface area (Å²) in [7, 11) is 4.05. The summed E-state index contributed by atoms with van der Waals surface area (Å²) in [5, 5.41) is 43.3. The van der Waals surface area contributed by atoms with E-state index in [0.717, 1.165) is 46.5 Å². The molecule has 2 aromatic rings. The van der Waals surface area contributed by atoms with Gasteiger partial charge in [-0.3, -0.25) is 0 Å². The van der Waals surface area contributed by atoms with Gasteiger partial charge in [0.1, 0.15) is 0 Å². The first-order valence-corrected chi connectivity index (χ1v) is 11.9. The van der Waals surface area contributed by atoms with Crippen molar-refractivity contribution in [2.75, 3.05) is 27.2 Å². The molecule has 7 heteroatoms. The molecule has 0 amide bonds. The second kappa shape index (κ2) is 17.9. The summed E-state index contributed by atoms with van der Waals surface area (Å²) in [6.45, 7) is 17.4. The van der Waals surface area contributed by atoms with E-state index in [-0.39, 0.29) is 33.2 Å². The van der Waals surface area contributed by atoms with Crippen molar-refractivity contribution >= 4 is 0 Å². The van der Waals surface area contributed by atoms with Crippen molar-refractivity contribution in [3.05, 3.63) is 57.6 Å². The molecule has 0 atom stereocenters. The van der Waals surface area contributed by atoms with Gasteiger partial charge in [0, 0.05) is 26.2 Å². The van der Waals surface area contributed by atoms with Crippen molar-refractivity contribution < 1.29 is 42.1 Å². The normalized spacial score (nSPS) is 10.6. The Morgan fingerprint density at radius 2 is 0.829 bits per heavy atom. The van der Waals surface area contributed by atoms with E-state index < -0.39 is 12.2 Å². The Bertz CT molecular complexity index is 796. The number of likely N-dealkylation sites (N-methyl/N-ethyl adjacent to an activating group) is 2. The van der Waals surface area contributed by atoms with Crippen LogP contribution in [-0.2, 0) is 34.8 Å². The Morgan fingerprint density at radius 3 is 1.09 bits per heavy atom. The van der Waals surface area contributed by atoms with E-state index >= 15 is 0 Å². The second-order valence-electron chi connectivity index (χ2n) is 9.66. The fraction of sp³-hybridized carbons (Fsp3) is 0.571. The van der Waals surface area contributed by atoms with E-state index in [1.165, 1.54) is 0 Å². The Kier molecular flexibility index (Phi) is 18.3. The molecule has 194 valence electrons. The number of benzene rings is 2. The van der Waals surface area contributed by atoms with Crippen LogP contribution in [0.3, 0.4) is 0 Å². The monoisotopic (exact) mass is 520 g/mol. The second-order valence-corrected chi connectivity index (χ2v) is 9.66. The molecule has 0 saturated carbocycles. The topological polar surface area (TPSA) is 98.7 Å². The van der Waals surface area contributed by atoms with Crippen LogP contribution in [0.25, 0.3) is 0 Å². The molecule has 0 aliphatic rings. The van der Waals surface area contributed by atoms with Crippen molar-refractivity contribution in [2.45, 2.75) is 80.7 Å². The van der Waals surface area contributed by atoms with Gasteiger partial charge in [-0.05, 0) is 75.2 Å². The third-order valence-corrected chi connectivity index (χ3v) is 5.10. The van der Waals surface area contributed by atoms with Gasteiger partial charge in [0.2, 0.25) is 0 Å². The molecule has 0 aromatic heterocycles. The molecular weight excluding hydrogens is 476 g/mol. The summed E-state index contributed by atoms with van der Waals surface area (Å²) in [4.78, 5) is 4.31. The number of hydrogen-bond donors (Lipinski definition) is 0. The standard InChI is InChI=1S/C22H32N2O2.2C3H7O.Ti/c1-15-9-19(21(25)11-17(15)3)13-23(5)7-8-24(6)14-20-10-16(2)18(4)12-22(20)26;2*1-3(2)4;/h9-12,25-26H,7-8,13-14H2,1-6H3;2*3H,1-2H3;/q;2*-1;+4/p-2. The molecule has 0 heterocycles. The first-order valence-electron chi connectivity index (χ1n) is 11.9. The molecule has 0 radical (unpaired) electrons. The van der Waals surface area contributed by atoms with Crippen LogP contribution >= 0.6 is 0 Å². The summed E-state index contributed by atoms with van der Waals surface area (Å²) in [5.41, 5.74) is 6.08. The fourth-order valence-electron chi connectivity index (χ4n) is 3.03. The first kappa shape index (κ1) is 35.8. The Hall–Kier alpha value is -1.41. The Balaban J connectivity index is 0. The van der Waals surface area contributed by atoms with Gasteiger partial charge in [-0.25, -0.2) is 0 Å². The molecule has 0 N–H and O–H groups in total. The smallest absolute Gasteiger partial charge is 0.872 e. The molecule has 35 heavy (non-hydrogen) atoms. The number of nitrogens with zero attached hydrogens (tertiary/aromatic N) is 2. The van der Waals surface area contributed by atoms with E-state index in [0.29, 0.717) is 13.1 Å². The van der Waals surface area contributed by atoms with Gasteiger partial charge in [0.25, 0.3) is 0 Å². The molecule has 2 rings (SSSR count). The zero-order chi connectivity index (χ0) is 26.6.